The summed E-state index contributed by atoms with van der Waals surface area (Å²) < 4.78 is 5.38. The van der Waals surface area contributed by atoms with E-state index >= 15 is 0 Å². The number of carboxylic acids is 1. The van der Waals surface area contributed by atoms with Crippen molar-refractivity contribution in [2.24, 2.45) is 0 Å². The highest BCUT2D eigenvalue weighted by Crippen LogP contribution is 2.26. The monoisotopic (exact) mass is 258 g/mol. The van der Waals surface area contributed by atoms with Crippen LogP contribution in [0.3, 0.4) is 0 Å². The molecule has 4 heteroatoms. The Labute approximate surface area is 110 Å². The van der Waals surface area contributed by atoms with E-state index < -0.39 is 11.9 Å². The minimum atomic E-state index is -0.957. The van der Waals surface area contributed by atoms with Gasteiger partial charge in [0.15, 0.2) is 11.5 Å². The second-order valence-corrected chi connectivity index (χ2v) is 4.08. The predicted molar refractivity (Wildman–Crippen MR) is 70.4 cm³/mol. The fraction of sp³-hybridized carbons (Fsp3) is 0.133. The standard InChI is InChI=1S/C15H14O4/c16-13-8-4-5-9-14(13)19-10-12(15(17)18)11-6-2-1-3-7-11/h1-9,12,16H,10H2,(H,17,18). The van der Waals surface area contributed by atoms with Gasteiger partial charge in [0.2, 0.25) is 0 Å². The van der Waals surface area contributed by atoms with Gasteiger partial charge in [0.25, 0.3) is 0 Å². The minimum Gasteiger partial charge on any atom is -0.504 e. The van der Waals surface area contributed by atoms with Gasteiger partial charge < -0.3 is 14.9 Å². The van der Waals surface area contributed by atoms with Crippen molar-refractivity contribution < 1.29 is 19.7 Å². The predicted octanol–water partition coefficient (Wildman–Crippen LogP) is 2.64. The lowest BCUT2D eigenvalue weighted by Crippen LogP contribution is -2.19. The summed E-state index contributed by atoms with van der Waals surface area (Å²) in [5.74, 6) is -1.44. The Bertz CT molecular complexity index is 551. The van der Waals surface area contributed by atoms with Crippen molar-refractivity contribution >= 4 is 5.97 Å². The van der Waals surface area contributed by atoms with E-state index in [0.717, 1.165) is 0 Å². The zero-order valence-corrected chi connectivity index (χ0v) is 10.2. The lowest BCUT2D eigenvalue weighted by molar-refractivity contribution is -0.139. The van der Waals surface area contributed by atoms with E-state index in [1.807, 2.05) is 6.07 Å². The van der Waals surface area contributed by atoms with Gasteiger partial charge in [0.05, 0.1) is 0 Å². The number of ether oxygens (including phenoxy) is 1. The molecule has 0 radical (unpaired) electrons. The number of benzene rings is 2. The number of aromatic hydroxyl groups is 1. The number of hydrogen-bond donors (Lipinski definition) is 2. The molecule has 0 spiro atoms. The van der Waals surface area contributed by atoms with Crippen LogP contribution in [-0.4, -0.2) is 22.8 Å². The first kappa shape index (κ1) is 13.0. The lowest BCUT2D eigenvalue weighted by atomic mass is 10.0. The van der Waals surface area contributed by atoms with E-state index in [1.54, 1.807) is 42.5 Å². The average molecular weight is 258 g/mol. The summed E-state index contributed by atoms with van der Waals surface area (Å²) in [6.07, 6.45) is 0. The van der Waals surface area contributed by atoms with Crippen LogP contribution in [0.5, 0.6) is 11.5 Å². The number of phenolic OH excluding ortho intramolecular Hbond substituents is 1. The van der Waals surface area contributed by atoms with Crippen LogP contribution in [0.15, 0.2) is 54.6 Å². The van der Waals surface area contributed by atoms with Crippen molar-refractivity contribution in [3.8, 4) is 11.5 Å². The number of para-hydroxylation sites is 2. The van der Waals surface area contributed by atoms with Crippen LogP contribution < -0.4 is 4.74 Å². The van der Waals surface area contributed by atoms with Crippen molar-refractivity contribution in [2.45, 2.75) is 5.92 Å². The Morgan fingerprint density at radius 3 is 2.32 bits per heavy atom. The lowest BCUT2D eigenvalue weighted by Gasteiger charge is -2.14. The van der Waals surface area contributed by atoms with Crippen LogP contribution in [0.25, 0.3) is 0 Å². The fourth-order valence-electron chi connectivity index (χ4n) is 1.75. The first-order valence-corrected chi connectivity index (χ1v) is 5.87. The van der Waals surface area contributed by atoms with Crippen molar-refractivity contribution in [3.63, 3.8) is 0 Å². The van der Waals surface area contributed by atoms with E-state index in [9.17, 15) is 15.0 Å². The number of rotatable bonds is 5. The molecule has 2 rings (SSSR count). The summed E-state index contributed by atoms with van der Waals surface area (Å²) in [5, 5.41) is 18.8. The Balaban J connectivity index is 2.11. The molecule has 0 aliphatic carbocycles. The molecule has 0 aliphatic heterocycles. The smallest absolute Gasteiger partial charge is 0.314 e. The molecule has 4 nitrogen and oxygen atoms in total. The minimum absolute atomic E-state index is 0.000277. The average Bonchev–Trinajstić information content (AvgIpc) is 2.42. The van der Waals surface area contributed by atoms with Gasteiger partial charge in [0, 0.05) is 0 Å². The second kappa shape index (κ2) is 5.91. The number of hydrogen-bond acceptors (Lipinski definition) is 3. The van der Waals surface area contributed by atoms with Gasteiger partial charge in [-0.3, -0.25) is 4.79 Å². The van der Waals surface area contributed by atoms with Crippen molar-refractivity contribution in [3.05, 3.63) is 60.2 Å². The highest BCUT2D eigenvalue weighted by atomic mass is 16.5. The van der Waals surface area contributed by atoms with E-state index in [4.69, 9.17) is 4.74 Å². The number of carboxylic acid groups (broad SMARTS) is 1. The first-order chi connectivity index (χ1) is 9.18. The molecule has 0 fully saturated rings. The van der Waals surface area contributed by atoms with E-state index in [2.05, 4.69) is 0 Å². The zero-order valence-electron chi connectivity index (χ0n) is 10.2. The molecule has 1 unspecified atom stereocenters. The van der Waals surface area contributed by atoms with Crippen LogP contribution in [0.4, 0.5) is 0 Å². The van der Waals surface area contributed by atoms with Crippen LogP contribution in [-0.2, 0) is 4.79 Å². The zero-order chi connectivity index (χ0) is 13.7. The Morgan fingerprint density at radius 2 is 1.68 bits per heavy atom. The van der Waals surface area contributed by atoms with Gasteiger partial charge in [-0.25, -0.2) is 0 Å². The Hall–Kier alpha value is -2.49. The molecule has 0 aliphatic rings. The number of carbonyl (C=O) groups is 1. The number of aliphatic carboxylic acids is 1. The fourth-order valence-corrected chi connectivity index (χ4v) is 1.75. The summed E-state index contributed by atoms with van der Waals surface area (Å²) in [7, 11) is 0. The summed E-state index contributed by atoms with van der Waals surface area (Å²) in [6, 6.07) is 15.4. The maximum Gasteiger partial charge on any atom is 0.314 e. The van der Waals surface area contributed by atoms with E-state index in [1.165, 1.54) is 6.07 Å². The molecule has 2 N–H and O–H groups in total. The molecule has 0 bridgehead atoms. The van der Waals surface area contributed by atoms with Gasteiger partial charge >= 0.3 is 5.97 Å². The second-order valence-electron chi connectivity index (χ2n) is 4.08. The van der Waals surface area contributed by atoms with Crippen LogP contribution in [0.2, 0.25) is 0 Å². The highest BCUT2D eigenvalue weighted by Gasteiger charge is 2.20. The third kappa shape index (κ3) is 3.25. The molecule has 0 saturated heterocycles. The Kier molecular flexibility index (Phi) is 4.03. The summed E-state index contributed by atoms with van der Waals surface area (Å²) in [6.45, 7) is -0.0308. The molecule has 0 saturated carbocycles. The Morgan fingerprint density at radius 1 is 1.05 bits per heavy atom. The molecule has 19 heavy (non-hydrogen) atoms. The third-order valence-electron chi connectivity index (χ3n) is 2.77. The molecule has 0 heterocycles. The van der Waals surface area contributed by atoms with Crippen molar-refractivity contribution in [1.29, 1.82) is 0 Å². The van der Waals surface area contributed by atoms with Crippen LogP contribution in [0.1, 0.15) is 11.5 Å². The van der Waals surface area contributed by atoms with E-state index in [0.29, 0.717) is 5.56 Å². The molecule has 0 amide bonds. The first-order valence-electron chi connectivity index (χ1n) is 5.87. The normalized spacial score (nSPS) is 11.8. The molecule has 0 aromatic heterocycles. The SMILES string of the molecule is O=C(O)C(COc1ccccc1O)c1ccccc1. The third-order valence-corrected chi connectivity index (χ3v) is 2.77. The highest BCUT2D eigenvalue weighted by molar-refractivity contribution is 5.76. The molecule has 98 valence electrons. The van der Waals surface area contributed by atoms with E-state index in [-0.39, 0.29) is 18.1 Å². The van der Waals surface area contributed by atoms with Crippen LogP contribution in [0, 0.1) is 0 Å². The van der Waals surface area contributed by atoms with Crippen LogP contribution >= 0.6 is 0 Å². The quantitative estimate of drug-likeness (QED) is 0.865. The van der Waals surface area contributed by atoms with Gasteiger partial charge in [-0.2, -0.15) is 0 Å². The number of phenols is 1. The molecule has 2 aromatic rings. The summed E-state index contributed by atoms with van der Waals surface area (Å²) in [4.78, 5) is 11.3. The largest absolute Gasteiger partial charge is 0.504 e. The van der Waals surface area contributed by atoms with Gasteiger partial charge in [0.1, 0.15) is 12.5 Å². The summed E-state index contributed by atoms with van der Waals surface area (Å²) in [5.41, 5.74) is 0.672. The maximum absolute atomic E-state index is 11.3. The molecular weight excluding hydrogens is 244 g/mol. The molecular formula is C15H14O4. The topological polar surface area (TPSA) is 66.8 Å². The molecule has 1 atom stereocenters. The maximum atomic E-state index is 11.3. The molecule has 2 aromatic carbocycles. The van der Waals surface area contributed by atoms with Gasteiger partial charge in [-0.15, -0.1) is 0 Å². The van der Waals surface area contributed by atoms with Crippen molar-refractivity contribution in [2.75, 3.05) is 6.61 Å². The van der Waals surface area contributed by atoms with Gasteiger partial charge in [-0.1, -0.05) is 42.5 Å². The van der Waals surface area contributed by atoms with Crippen molar-refractivity contribution in [1.82, 2.24) is 0 Å². The van der Waals surface area contributed by atoms with Gasteiger partial charge in [-0.05, 0) is 17.7 Å². The summed E-state index contributed by atoms with van der Waals surface area (Å²) >= 11 is 0.